The van der Waals surface area contributed by atoms with Crippen LogP contribution in [-0.2, 0) is 18.8 Å². The smallest absolute Gasteiger partial charge is 0.342 e. The van der Waals surface area contributed by atoms with Crippen LogP contribution in [0.25, 0.3) is 0 Å². The largest absolute Gasteiger partial charge is 0.467 e. The highest BCUT2D eigenvalue weighted by Crippen LogP contribution is 2.43. The molecule has 15 heavy (non-hydrogen) atoms. The third kappa shape index (κ3) is 5.72. The Bertz CT molecular complexity index is 268. The van der Waals surface area contributed by atoms with E-state index in [1.54, 1.807) is 6.08 Å². The van der Waals surface area contributed by atoms with Gasteiger partial charge in [-0.2, -0.15) is 0 Å². The lowest BCUT2D eigenvalue weighted by molar-refractivity contribution is -0.148. The van der Waals surface area contributed by atoms with Gasteiger partial charge in [0.1, 0.15) is 7.14 Å². The number of methoxy groups -OCH3 is 1. The van der Waals surface area contributed by atoms with Crippen molar-refractivity contribution < 1.29 is 23.9 Å². The minimum Gasteiger partial charge on any atom is -0.467 e. The number of hydrogen-bond acceptors (Lipinski definition) is 5. The van der Waals surface area contributed by atoms with Crippen molar-refractivity contribution in [3.05, 3.63) is 12.2 Å². The number of hydrogen-bond donors (Lipinski definition) is 1. The summed E-state index contributed by atoms with van der Waals surface area (Å²) in [6.45, 7) is 2.95. The predicted octanol–water partition coefficient (Wildman–Crippen LogP) is 0.673. The Hall–Kier alpha value is -0.640. The molecule has 6 heteroatoms. The number of carbonyl (C=O) groups excluding carboxylic acids is 1. The van der Waals surface area contributed by atoms with E-state index in [0.29, 0.717) is 0 Å². The van der Waals surface area contributed by atoms with E-state index in [4.69, 9.17) is 9.84 Å². The van der Waals surface area contributed by atoms with Crippen molar-refractivity contribution in [2.45, 2.75) is 5.85 Å². The van der Waals surface area contributed by atoms with Gasteiger partial charge in [0.25, 0.3) is 0 Å². The van der Waals surface area contributed by atoms with E-state index in [1.165, 1.54) is 26.5 Å². The van der Waals surface area contributed by atoms with Crippen molar-refractivity contribution in [2.75, 3.05) is 33.7 Å². The van der Waals surface area contributed by atoms with Gasteiger partial charge in [-0.25, -0.2) is 4.79 Å². The summed E-state index contributed by atoms with van der Waals surface area (Å²) >= 11 is 0. The van der Waals surface area contributed by atoms with Gasteiger partial charge in [0.2, 0.25) is 5.85 Å². The highest BCUT2D eigenvalue weighted by atomic mass is 31.2. The van der Waals surface area contributed by atoms with Crippen LogP contribution < -0.4 is 0 Å². The van der Waals surface area contributed by atoms with Crippen LogP contribution in [0.15, 0.2) is 12.2 Å². The second-order valence-electron chi connectivity index (χ2n) is 3.30. The van der Waals surface area contributed by atoms with Gasteiger partial charge in [-0.3, -0.25) is 0 Å². The summed E-state index contributed by atoms with van der Waals surface area (Å²) in [4.78, 5) is 11.2. The lowest BCUT2D eigenvalue weighted by Gasteiger charge is -2.18. The molecule has 0 heterocycles. The molecule has 0 bridgehead atoms. The molecule has 0 aliphatic carbocycles. The molecule has 0 spiro atoms. The fraction of sp³-hybridized carbons (Fsp3) is 0.667. The molecule has 0 aromatic heterocycles. The SMILES string of the molecule is COC(=O)C(OC/C=C\CO)P(C)(C)=O. The van der Waals surface area contributed by atoms with Gasteiger partial charge in [0.05, 0.1) is 20.3 Å². The number of aliphatic hydroxyl groups excluding tert-OH is 1. The normalized spacial score (nSPS) is 14.1. The predicted molar refractivity (Wildman–Crippen MR) is 57.4 cm³/mol. The zero-order valence-electron chi connectivity index (χ0n) is 9.17. The molecule has 88 valence electrons. The number of esters is 1. The van der Waals surface area contributed by atoms with Crippen molar-refractivity contribution in [3.8, 4) is 0 Å². The van der Waals surface area contributed by atoms with Gasteiger partial charge in [0.15, 0.2) is 0 Å². The Labute approximate surface area is 89.4 Å². The fourth-order valence-electron chi connectivity index (χ4n) is 0.891. The zero-order chi connectivity index (χ0) is 11.9. The van der Waals surface area contributed by atoms with E-state index in [0.717, 1.165) is 0 Å². The molecule has 1 N–H and O–H groups in total. The topological polar surface area (TPSA) is 72.8 Å². The monoisotopic (exact) mass is 236 g/mol. The van der Waals surface area contributed by atoms with Crippen LogP contribution in [0.4, 0.5) is 0 Å². The van der Waals surface area contributed by atoms with Crippen LogP contribution in [-0.4, -0.2) is 50.6 Å². The summed E-state index contributed by atoms with van der Waals surface area (Å²) < 4.78 is 21.3. The van der Waals surface area contributed by atoms with Crippen LogP contribution in [0.1, 0.15) is 0 Å². The molecule has 0 saturated carbocycles. The van der Waals surface area contributed by atoms with Gasteiger partial charge >= 0.3 is 5.97 Å². The second kappa shape index (κ2) is 6.77. The first-order valence-electron chi connectivity index (χ1n) is 4.43. The van der Waals surface area contributed by atoms with Crippen LogP contribution >= 0.6 is 7.14 Å². The molecule has 5 nitrogen and oxygen atoms in total. The summed E-state index contributed by atoms with van der Waals surface area (Å²) in [5.41, 5.74) is 0. The summed E-state index contributed by atoms with van der Waals surface area (Å²) in [5.74, 6) is -1.67. The van der Waals surface area contributed by atoms with Crippen LogP contribution in [0.5, 0.6) is 0 Å². The molecule has 0 radical (unpaired) electrons. The number of ether oxygens (including phenoxy) is 2. The standard InChI is InChI=1S/C9H17O5P/c1-13-8(11)9(15(2,3)12)14-7-5-4-6-10/h4-5,9-10H,6-7H2,1-3H3/b5-4-. The highest BCUT2D eigenvalue weighted by Gasteiger charge is 2.31. The molecule has 0 saturated heterocycles. The summed E-state index contributed by atoms with van der Waals surface area (Å²) in [5, 5.41) is 8.46. The molecule has 1 atom stereocenters. The van der Waals surface area contributed by atoms with E-state index < -0.39 is 19.0 Å². The third-order valence-corrected chi connectivity index (χ3v) is 3.08. The first-order chi connectivity index (χ1) is 6.93. The molecular formula is C9H17O5P. The molecular weight excluding hydrogens is 219 g/mol. The van der Waals surface area contributed by atoms with E-state index in [2.05, 4.69) is 4.74 Å². The summed E-state index contributed by atoms with van der Waals surface area (Å²) in [6.07, 6.45) is 3.02. The average Bonchev–Trinajstić information content (AvgIpc) is 2.15. The molecule has 0 aromatic rings. The number of aliphatic hydroxyl groups is 1. The van der Waals surface area contributed by atoms with Gasteiger partial charge in [-0.1, -0.05) is 12.2 Å². The Morgan fingerprint density at radius 2 is 2.07 bits per heavy atom. The van der Waals surface area contributed by atoms with Gasteiger partial charge in [0, 0.05) is 0 Å². The molecule has 0 aromatic carbocycles. The van der Waals surface area contributed by atoms with Crippen molar-refractivity contribution >= 4 is 13.1 Å². The zero-order valence-corrected chi connectivity index (χ0v) is 10.1. The van der Waals surface area contributed by atoms with Crippen molar-refractivity contribution in [1.29, 1.82) is 0 Å². The maximum atomic E-state index is 11.7. The van der Waals surface area contributed by atoms with Crippen molar-refractivity contribution in [3.63, 3.8) is 0 Å². The highest BCUT2D eigenvalue weighted by molar-refractivity contribution is 7.63. The maximum absolute atomic E-state index is 11.7. The van der Waals surface area contributed by atoms with E-state index in [9.17, 15) is 9.36 Å². The summed E-state index contributed by atoms with van der Waals surface area (Å²) in [6, 6.07) is 0. The minimum atomic E-state index is -2.69. The molecule has 0 aliphatic rings. The molecule has 0 fully saturated rings. The minimum absolute atomic E-state index is 0.0951. The lowest BCUT2D eigenvalue weighted by atomic mass is 10.5. The molecule has 0 amide bonds. The number of carbonyl (C=O) groups is 1. The summed E-state index contributed by atoms with van der Waals surface area (Å²) in [7, 11) is -1.47. The number of rotatable bonds is 6. The maximum Gasteiger partial charge on any atom is 0.342 e. The van der Waals surface area contributed by atoms with Crippen molar-refractivity contribution in [1.82, 2.24) is 0 Å². The quantitative estimate of drug-likeness (QED) is 0.417. The molecule has 1 unspecified atom stereocenters. The van der Waals surface area contributed by atoms with Gasteiger partial charge in [-0.05, 0) is 13.3 Å². The molecule has 0 aliphatic heterocycles. The van der Waals surface area contributed by atoms with Gasteiger partial charge < -0.3 is 19.1 Å². The fourth-order valence-corrected chi connectivity index (χ4v) is 1.95. The second-order valence-corrected chi connectivity index (χ2v) is 6.63. The Morgan fingerprint density at radius 3 is 2.47 bits per heavy atom. The Balaban J connectivity index is 4.34. The first-order valence-corrected chi connectivity index (χ1v) is 7.10. The van der Waals surface area contributed by atoms with E-state index >= 15 is 0 Å². The van der Waals surface area contributed by atoms with Crippen LogP contribution in [0.2, 0.25) is 0 Å². The van der Waals surface area contributed by atoms with E-state index in [1.807, 2.05) is 0 Å². The molecule has 0 rings (SSSR count). The third-order valence-electron chi connectivity index (χ3n) is 1.59. The van der Waals surface area contributed by atoms with E-state index in [-0.39, 0.29) is 13.2 Å². The van der Waals surface area contributed by atoms with Crippen LogP contribution in [0.3, 0.4) is 0 Å². The van der Waals surface area contributed by atoms with Crippen molar-refractivity contribution in [2.24, 2.45) is 0 Å². The Morgan fingerprint density at radius 1 is 1.47 bits per heavy atom. The van der Waals surface area contributed by atoms with Crippen LogP contribution in [0, 0.1) is 0 Å². The average molecular weight is 236 g/mol. The lowest BCUT2D eigenvalue weighted by Crippen LogP contribution is -2.25. The Kier molecular flexibility index (Phi) is 6.48. The van der Waals surface area contributed by atoms with Gasteiger partial charge in [-0.15, -0.1) is 0 Å². The first kappa shape index (κ1) is 14.4.